The molecule has 1 aliphatic rings. The topological polar surface area (TPSA) is 80.2 Å². The number of aromatic nitrogens is 3. The van der Waals surface area contributed by atoms with Gasteiger partial charge in [-0.05, 0) is 34.1 Å². The highest BCUT2D eigenvalue weighted by atomic mass is 79.9. The number of pyridine rings is 1. The molecule has 5 rings (SSSR count). The largest absolute Gasteiger partial charge is 0.378 e. The van der Waals surface area contributed by atoms with Crippen LogP contribution in [0.2, 0.25) is 0 Å². The Hall–Kier alpha value is -2.49. The Morgan fingerprint density at radius 1 is 1.14 bits per heavy atom. The van der Waals surface area contributed by atoms with E-state index >= 15 is 0 Å². The van der Waals surface area contributed by atoms with Gasteiger partial charge < -0.3 is 14.6 Å². The van der Waals surface area contributed by atoms with Crippen LogP contribution in [-0.2, 0) is 4.74 Å². The van der Waals surface area contributed by atoms with E-state index < -0.39 is 5.69 Å². The number of aromatic amines is 1. The van der Waals surface area contributed by atoms with Gasteiger partial charge in [-0.3, -0.25) is 9.78 Å². The zero-order valence-corrected chi connectivity index (χ0v) is 17.0. The Morgan fingerprint density at radius 3 is 2.79 bits per heavy atom. The van der Waals surface area contributed by atoms with Gasteiger partial charge in [0.1, 0.15) is 4.70 Å². The molecule has 0 amide bonds. The lowest BCUT2D eigenvalue weighted by Gasteiger charge is -2.29. The predicted octanol–water partition coefficient (Wildman–Crippen LogP) is 2.89. The molecule has 0 atom stereocenters. The summed E-state index contributed by atoms with van der Waals surface area (Å²) in [6, 6.07) is 7.75. The molecule has 4 heterocycles. The summed E-state index contributed by atoms with van der Waals surface area (Å²) in [5.41, 5.74) is 1.22. The van der Waals surface area contributed by atoms with Crippen LogP contribution in [0.1, 0.15) is 0 Å². The van der Waals surface area contributed by atoms with E-state index in [4.69, 9.17) is 4.74 Å². The van der Waals surface area contributed by atoms with Gasteiger partial charge in [0, 0.05) is 35.7 Å². The summed E-state index contributed by atoms with van der Waals surface area (Å²) in [6.07, 6.45) is 3.30. The number of hydrogen-bond acceptors (Lipinski definition) is 6. The SMILES string of the molecule is O=c1[nH]c2cc(Br)sc2c(=O)n1-c1cncc2ccc(N3CCOCC3)cc12. The zero-order valence-electron chi connectivity index (χ0n) is 14.6. The maximum atomic E-state index is 13.1. The molecule has 4 aromatic rings. The fraction of sp³-hybridized carbons (Fsp3) is 0.211. The number of ether oxygens (including phenoxy) is 1. The van der Waals surface area contributed by atoms with Crippen molar-refractivity contribution in [2.45, 2.75) is 0 Å². The third-order valence-corrected chi connectivity index (χ3v) is 6.51. The molecule has 0 unspecified atom stereocenters. The van der Waals surface area contributed by atoms with Gasteiger partial charge in [-0.25, -0.2) is 9.36 Å². The van der Waals surface area contributed by atoms with Crippen molar-refractivity contribution >= 4 is 53.9 Å². The lowest BCUT2D eigenvalue weighted by atomic mass is 10.1. The van der Waals surface area contributed by atoms with Crippen LogP contribution in [0.3, 0.4) is 0 Å². The minimum atomic E-state index is -0.478. The molecule has 3 aromatic heterocycles. The first kappa shape index (κ1) is 17.6. The minimum Gasteiger partial charge on any atom is -0.378 e. The van der Waals surface area contributed by atoms with E-state index in [0.717, 1.165) is 33.3 Å². The monoisotopic (exact) mass is 458 g/mol. The first-order valence-electron chi connectivity index (χ1n) is 8.77. The van der Waals surface area contributed by atoms with Crippen LogP contribution >= 0.6 is 27.3 Å². The van der Waals surface area contributed by atoms with Gasteiger partial charge in [0.25, 0.3) is 5.56 Å². The molecule has 142 valence electrons. The third kappa shape index (κ3) is 2.86. The van der Waals surface area contributed by atoms with Crippen molar-refractivity contribution in [3.8, 4) is 5.69 Å². The fourth-order valence-electron chi connectivity index (χ4n) is 3.53. The summed E-state index contributed by atoms with van der Waals surface area (Å²) >= 11 is 4.68. The normalized spacial score (nSPS) is 14.8. The number of fused-ring (bicyclic) bond motifs is 2. The molecule has 1 N–H and O–H groups in total. The van der Waals surface area contributed by atoms with Crippen LogP contribution in [0.15, 0.2) is 50.0 Å². The molecule has 1 aromatic carbocycles. The van der Waals surface area contributed by atoms with Crippen LogP contribution in [0.5, 0.6) is 0 Å². The van der Waals surface area contributed by atoms with E-state index in [2.05, 4.69) is 30.8 Å². The quantitative estimate of drug-likeness (QED) is 0.499. The molecule has 0 saturated carbocycles. The Morgan fingerprint density at radius 2 is 1.96 bits per heavy atom. The summed E-state index contributed by atoms with van der Waals surface area (Å²) in [7, 11) is 0. The molecule has 0 bridgehead atoms. The number of nitrogens with zero attached hydrogens (tertiary/aromatic N) is 3. The summed E-state index contributed by atoms with van der Waals surface area (Å²) in [4.78, 5) is 35.1. The smallest absolute Gasteiger partial charge is 0.333 e. The number of rotatable bonds is 2. The average Bonchev–Trinajstić information content (AvgIpc) is 3.09. The lowest BCUT2D eigenvalue weighted by molar-refractivity contribution is 0.122. The fourth-order valence-corrected chi connectivity index (χ4v) is 5.01. The molecule has 0 spiro atoms. The van der Waals surface area contributed by atoms with E-state index in [0.29, 0.717) is 29.1 Å². The number of hydrogen-bond donors (Lipinski definition) is 1. The van der Waals surface area contributed by atoms with Crippen LogP contribution in [-0.4, -0.2) is 40.8 Å². The Balaban J connectivity index is 1.76. The molecule has 0 aliphatic carbocycles. The molecule has 9 heteroatoms. The van der Waals surface area contributed by atoms with Crippen molar-refractivity contribution in [3.63, 3.8) is 0 Å². The second-order valence-electron chi connectivity index (χ2n) is 6.53. The van der Waals surface area contributed by atoms with Gasteiger partial charge in [-0.1, -0.05) is 6.07 Å². The van der Waals surface area contributed by atoms with E-state index in [-0.39, 0.29) is 5.56 Å². The second-order valence-corrected chi connectivity index (χ2v) is 8.96. The van der Waals surface area contributed by atoms with Crippen LogP contribution in [0, 0.1) is 0 Å². The van der Waals surface area contributed by atoms with Crippen LogP contribution in [0.4, 0.5) is 5.69 Å². The van der Waals surface area contributed by atoms with Crippen molar-refractivity contribution in [1.29, 1.82) is 0 Å². The summed E-state index contributed by atoms with van der Waals surface area (Å²) in [5, 5.41) is 1.68. The van der Waals surface area contributed by atoms with Gasteiger partial charge >= 0.3 is 5.69 Å². The standard InChI is InChI=1S/C19H15BrN4O3S/c20-16-8-14-17(28-16)18(25)24(19(26)22-14)15-10-21-9-11-1-2-12(7-13(11)15)23-3-5-27-6-4-23/h1-2,7-10H,3-6H2,(H,22,26). The van der Waals surface area contributed by atoms with Gasteiger partial charge in [0.15, 0.2) is 0 Å². The Labute approximate surface area is 171 Å². The van der Waals surface area contributed by atoms with Gasteiger partial charge in [-0.15, -0.1) is 11.3 Å². The molecule has 7 nitrogen and oxygen atoms in total. The van der Waals surface area contributed by atoms with Crippen molar-refractivity contribution in [2.75, 3.05) is 31.2 Å². The van der Waals surface area contributed by atoms with Crippen molar-refractivity contribution in [1.82, 2.24) is 14.5 Å². The number of thiophene rings is 1. The molecule has 1 fully saturated rings. The molecule has 1 aliphatic heterocycles. The van der Waals surface area contributed by atoms with Crippen LogP contribution < -0.4 is 16.1 Å². The molecule has 28 heavy (non-hydrogen) atoms. The number of anilines is 1. The lowest BCUT2D eigenvalue weighted by Crippen LogP contribution is -2.36. The number of morpholine rings is 1. The summed E-state index contributed by atoms with van der Waals surface area (Å²) in [5.74, 6) is 0. The van der Waals surface area contributed by atoms with E-state index in [1.807, 2.05) is 18.2 Å². The minimum absolute atomic E-state index is 0.347. The second kappa shape index (κ2) is 6.84. The summed E-state index contributed by atoms with van der Waals surface area (Å²) in [6.45, 7) is 2.98. The van der Waals surface area contributed by atoms with Crippen molar-refractivity contribution in [3.05, 3.63) is 61.3 Å². The van der Waals surface area contributed by atoms with E-state index in [9.17, 15) is 9.59 Å². The summed E-state index contributed by atoms with van der Waals surface area (Å²) < 4.78 is 7.88. The van der Waals surface area contributed by atoms with Crippen molar-refractivity contribution in [2.24, 2.45) is 0 Å². The highest BCUT2D eigenvalue weighted by Gasteiger charge is 2.17. The zero-order chi connectivity index (χ0) is 19.3. The van der Waals surface area contributed by atoms with Crippen LogP contribution in [0.25, 0.3) is 26.7 Å². The third-order valence-electron chi connectivity index (χ3n) is 4.88. The van der Waals surface area contributed by atoms with E-state index in [1.54, 1.807) is 18.5 Å². The maximum absolute atomic E-state index is 13.1. The molecule has 1 saturated heterocycles. The van der Waals surface area contributed by atoms with Gasteiger partial charge in [-0.2, -0.15) is 0 Å². The Bertz CT molecular complexity index is 1320. The molecule has 0 radical (unpaired) electrons. The number of halogens is 1. The van der Waals surface area contributed by atoms with E-state index in [1.165, 1.54) is 15.9 Å². The first-order chi connectivity index (χ1) is 13.6. The predicted molar refractivity (Wildman–Crippen MR) is 114 cm³/mol. The average molecular weight is 459 g/mol. The number of H-pyrrole nitrogens is 1. The number of nitrogens with one attached hydrogen (secondary N) is 1. The van der Waals surface area contributed by atoms with Crippen molar-refractivity contribution < 1.29 is 4.74 Å². The molecular weight excluding hydrogens is 444 g/mol. The number of benzene rings is 1. The Kier molecular flexibility index (Phi) is 4.30. The highest BCUT2D eigenvalue weighted by molar-refractivity contribution is 9.11. The maximum Gasteiger partial charge on any atom is 0.333 e. The molecular formula is C19H15BrN4O3S. The first-order valence-corrected chi connectivity index (χ1v) is 10.4. The van der Waals surface area contributed by atoms with Gasteiger partial charge in [0.05, 0.1) is 34.4 Å². The van der Waals surface area contributed by atoms with Gasteiger partial charge in [0.2, 0.25) is 0 Å². The highest BCUT2D eigenvalue weighted by Crippen LogP contribution is 2.28.